The van der Waals surface area contributed by atoms with E-state index in [4.69, 9.17) is 10.5 Å². The third kappa shape index (κ3) is 6.69. The summed E-state index contributed by atoms with van der Waals surface area (Å²) in [5, 5.41) is 3.82. The highest BCUT2D eigenvalue weighted by atomic mass is 19.4. The number of hydrogen-bond acceptors (Lipinski definition) is 5. The fourth-order valence-corrected chi connectivity index (χ4v) is 2.46. The number of amides is 2. The molecule has 0 heterocycles. The van der Waals surface area contributed by atoms with E-state index < -0.39 is 41.6 Å². The standard InChI is InChI=1S/C20H19F4N3O4/c1-2-16(28)31-17-13(21)4-3-5-14(17)26-18(29)15(27-19(30)20(22,23)24)10-11-6-8-12(25)9-7-11/h3-9,15H,2,10,25H2,1H3,(H,26,29)(H,27,30)/t15-/m0/s1. The van der Waals surface area contributed by atoms with Crippen LogP contribution in [0.15, 0.2) is 42.5 Å². The highest BCUT2D eigenvalue weighted by molar-refractivity contribution is 5.99. The van der Waals surface area contributed by atoms with Crippen LogP contribution in [0.3, 0.4) is 0 Å². The summed E-state index contributed by atoms with van der Waals surface area (Å²) < 4.78 is 57.1. The quantitative estimate of drug-likeness (QED) is 0.265. The zero-order valence-corrected chi connectivity index (χ0v) is 16.3. The van der Waals surface area contributed by atoms with Crippen LogP contribution in [0, 0.1) is 5.82 Å². The van der Waals surface area contributed by atoms with Crippen LogP contribution in [0.2, 0.25) is 0 Å². The van der Waals surface area contributed by atoms with E-state index in [1.165, 1.54) is 43.3 Å². The Morgan fingerprint density at radius 1 is 1.10 bits per heavy atom. The number of rotatable bonds is 7. The third-order valence-corrected chi connectivity index (χ3v) is 4.03. The number of nitrogens with one attached hydrogen (secondary N) is 2. The Morgan fingerprint density at radius 3 is 2.32 bits per heavy atom. The Bertz CT molecular complexity index is 962. The first kappa shape index (κ1) is 23.6. The van der Waals surface area contributed by atoms with Crippen molar-refractivity contribution in [3.63, 3.8) is 0 Å². The smallest absolute Gasteiger partial charge is 0.421 e. The molecule has 166 valence electrons. The number of para-hydroxylation sites is 1. The van der Waals surface area contributed by atoms with E-state index in [0.717, 1.165) is 6.07 Å². The molecule has 0 aliphatic rings. The molecule has 2 amide bonds. The van der Waals surface area contributed by atoms with E-state index in [2.05, 4.69) is 5.32 Å². The Morgan fingerprint density at radius 2 is 1.74 bits per heavy atom. The number of carbonyl (C=O) groups excluding carboxylic acids is 3. The summed E-state index contributed by atoms with van der Waals surface area (Å²) >= 11 is 0. The van der Waals surface area contributed by atoms with Gasteiger partial charge in [-0.25, -0.2) is 4.39 Å². The van der Waals surface area contributed by atoms with Crippen molar-refractivity contribution in [2.75, 3.05) is 11.1 Å². The zero-order chi connectivity index (χ0) is 23.2. The lowest BCUT2D eigenvalue weighted by Gasteiger charge is -2.20. The topological polar surface area (TPSA) is 111 Å². The van der Waals surface area contributed by atoms with Crippen molar-refractivity contribution < 1.29 is 36.7 Å². The normalized spacial score (nSPS) is 12.0. The summed E-state index contributed by atoms with van der Waals surface area (Å²) in [5.41, 5.74) is 6.09. The van der Waals surface area contributed by atoms with E-state index in [0.29, 0.717) is 11.3 Å². The Balaban J connectivity index is 2.30. The molecule has 1 atom stereocenters. The third-order valence-electron chi connectivity index (χ3n) is 4.03. The van der Waals surface area contributed by atoms with Gasteiger partial charge in [0.1, 0.15) is 6.04 Å². The zero-order valence-electron chi connectivity index (χ0n) is 16.3. The molecule has 2 rings (SSSR count). The van der Waals surface area contributed by atoms with Crippen LogP contribution in [0.4, 0.5) is 28.9 Å². The number of hydrogen-bond donors (Lipinski definition) is 3. The molecule has 0 radical (unpaired) electrons. The molecule has 7 nitrogen and oxygen atoms in total. The number of halogens is 4. The molecule has 0 fully saturated rings. The molecule has 2 aromatic rings. The van der Waals surface area contributed by atoms with E-state index in [-0.39, 0.29) is 18.5 Å². The van der Waals surface area contributed by atoms with Crippen LogP contribution in [-0.2, 0) is 20.8 Å². The van der Waals surface area contributed by atoms with Crippen molar-refractivity contribution in [3.8, 4) is 5.75 Å². The van der Waals surface area contributed by atoms with E-state index in [9.17, 15) is 31.9 Å². The monoisotopic (exact) mass is 441 g/mol. The summed E-state index contributed by atoms with van der Waals surface area (Å²) in [7, 11) is 0. The fraction of sp³-hybridized carbons (Fsp3) is 0.250. The van der Waals surface area contributed by atoms with Gasteiger partial charge in [0.15, 0.2) is 11.6 Å². The van der Waals surface area contributed by atoms with Crippen LogP contribution < -0.4 is 21.1 Å². The van der Waals surface area contributed by atoms with Crippen LogP contribution in [0.5, 0.6) is 5.75 Å². The molecular weight excluding hydrogens is 422 g/mol. The summed E-state index contributed by atoms with van der Waals surface area (Å²) in [6, 6.07) is 7.62. The molecule has 4 N–H and O–H groups in total. The van der Waals surface area contributed by atoms with Crippen LogP contribution in [0.1, 0.15) is 18.9 Å². The first-order chi connectivity index (χ1) is 14.5. The molecule has 0 aliphatic carbocycles. The molecule has 0 aromatic heterocycles. The molecule has 31 heavy (non-hydrogen) atoms. The average Bonchev–Trinajstić information content (AvgIpc) is 2.70. The minimum absolute atomic E-state index is 0.0802. The van der Waals surface area contributed by atoms with E-state index in [1.807, 2.05) is 0 Å². The van der Waals surface area contributed by atoms with Crippen molar-refractivity contribution in [1.29, 1.82) is 0 Å². The van der Waals surface area contributed by atoms with Crippen LogP contribution >= 0.6 is 0 Å². The van der Waals surface area contributed by atoms with Gasteiger partial charge in [-0.05, 0) is 29.8 Å². The number of nitrogens with two attached hydrogens (primary N) is 1. The highest BCUT2D eigenvalue weighted by Crippen LogP contribution is 2.28. The molecule has 11 heteroatoms. The number of nitrogen functional groups attached to an aromatic ring is 1. The summed E-state index contributed by atoms with van der Waals surface area (Å²) in [6.45, 7) is 1.47. The second-order valence-corrected chi connectivity index (χ2v) is 6.40. The summed E-state index contributed by atoms with van der Waals surface area (Å²) in [4.78, 5) is 35.6. The van der Waals surface area contributed by atoms with E-state index in [1.54, 1.807) is 5.32 Å². The molecule has 0 aliphatic heterocycles. The van der Waals surface area contributed by atoms with E-state index >= 15 is 0 Å². The Kier molecular flexibility index (Phi) is 7.56. The molecule has 0 bridgehead atoms. The van der Waals surface area contributed by atoms with Crippen molar-refractivity contribution in [2.45, 2.75) is 32.0 Å². The minimum atomic E-state index is -5.22. The average molecular weight is 441 g/mol. The first-order valence-corrected chi connectivity index (χ1v) is 9.03. The molecule has 0 saturated carbocycles. The number of alkyl halides is 3. The molecule has 0 saturated heterocycles. The SMILES string of the molecule is CCC(=O)Oc1c(F)cccc1NC(=O)[C@H](Cc1ccc(N)cc1)NC(=O)C(F)(F)F. The van der Waals surface area contributed by atoms with Crippen molar-refractivity contribution in [2.24, 2.45) is 0 Å². The Hall–Kier alpha value is -3.63. The lowest BCUT2D eigenvalue weighted by atomic mass is 10.0. The lowest BCUT2D eigenvalue weighted by Crippen LogP contribution is -2.49. The predicted molar refractivity (Wildman–Crippen MR) is 103 cm³/mol. The van der Waals surface area contributed by atoms with Gasteiger partial charge < -0.3 is 21.1 Å². The van der Waals surface area contributed by atoms with Gasteiger partial charge >= 0.3 is 18.1 Å². The van der Waals surface area contributed by atoms with Gasteiger partial charge in [0.05, 0.1) is 5.69 Å². The van der Waals surface area contributed by atoms with Gasteiger partial charge in [-0.1, -0.05) is 25.1 Å². The van der Waals surface area contributed by atoms with Gasteiger partial charge in [-0.3, -0.25) is 14.4 Å². The largest absolute Gasteiger partial charge is 0.471 e. The number of carbonyl (C=O) groups is 3. The van der Waals surface area contributed by atoms with Gasteiger partial charge in [-0.15, -0.1) is 0 Å². The van der Waals surface area contributed by atoms with Gasteiger partial charge in [0, 0.05) is 18.5 Å². The maximum Gasteiger partial charge on any atom is 0.471 e. The van der Waals surface area contributed by atoms with Crippen molar-refractivity contribution in [3.05, 3.63) is 53.8 Å². The van der Waals surface area contributed by atoms with Gasteiger partial charge in [0.25, 0.3) is 0 Å². The predicted octanol–water partition coefficient (Wildman–Crippen LogP) is 2.95. The van der Waals surface area contributed by atoms with Crippen molar-refractivity contribution in [1.82, 2.24) is 5.32 Å². The second-order valence-electron chi connectivity index (χ2n) is 6.40. The van der Waals surface area contributed by atoms with Crippen LogP contribution in [-0.4, -0.2) is 30.0 Å². The minimum Gasteiger partial charge on any atom is -0.421 e. The number of ether oxygens (including phenoxy) is 1. The number of anilines is 2. The maximum atomic E-state index is 14.1. The number of benzene rings is 2. The second kappa shape index (κ2) is 9.92. The molecular formula is C20H19F4N3O4. The van der Waals surface area contributed by atoms with Gasteiger partial charge in [0.2, 0.25) is 5.91 Å². The van der Waals surface area contributed by atoms with Gasteiger partial charge in [-0.2, -0.15) is 13.2 Å². The summed E-state index contributed by atoms with van der Waals surface area (Å²) in [6.07, 6.45) is -5.61. The number of esters is 1. The lowest BCUT2D eigenvalue weighted by molar-refractivity contribution is -0.174. The first-order valence-electron chi connectivity index (χ1n) is 9.03. The Labute approximate surface area is 174 Å². The maximum absolute atomic E-state index is 14.1. The molecule has 0 spiro atoms. The molecule has 2 aromatic carbocycles. The highest BCUT2D eigenvalue weighted by Gasteiger charge is 2.41. The fourth-order valence-electron chi connectivity index (χ4n) is 2.46. The molecule has 0 unspecified atom stereocenters. The van der Waals surface area contributed by atoms with Crippen molar-refractivity contribution >= 4 is 29.2 Å². The summed E-state index contributed by atoms with van der Waals surface area (Å²) in [5.74, 6) is -5.73. The van der Waals surface area contributed by atoms with Crippen LogP contribution in [0.25, 0.3) is 0 Å².